The molecule has 0 amide bonds. The van der Waals surface area contributed by atoms with E-state index in [9.17, 15) is 9.59 Å². The highest BCUT2D eigenvalue weighted by molar-refractivity contribution is 6.32. The van der Waals surface area contributed by atoms with Crippen molar-refractivity contribution in [2.45, 2.75) is 38.8 Å². The van der Waals surface area contributed by atoms with Crippen LogP contribution in [0.15, 0.2) is 21.3 Å². The molecular formula is C18H25ClN2O6. The fourth-order valence-electron chi connectivity index (χ4n) is 2.64. The first kappa shape index (κ1) is 21.4. The summed E-state index contributed by atoms with van der Waals surface area (Å²) in [5, 5.41) is 18.8. The second-order valence-corrected chi connectivity index (χ2v) is 7.62. The Morgan fingerprint density at radius 3 is 2.52 bits per heavy atom. The van der Waals surface area contributed by atoms with E-state index in [1.165, 1.54) is 6.92 Å². The van der Waals surface area contributed by atoms with E-state index in [4.69, 9.17) is 36.7 Å². The van der Waals surface area contributed by atoms with Crippen LogP contribution in [0.25, 0.3) is 11.1 Å². The van der Waals surface area contributed by atoms with Gasteiger partial charge >= 0.3 is 11.7 Å². The fourth-order valence-corrected chi connectivity index (χ4v) is 2.88. The van der Waals surface area contributed by atoms with Crippen LogP contribution in [-0.2, 0) is 16.0 Å². The van der Waals surface area contributed by atoms with Crippen LogP contribution in [0.1, 0.15) is 32.4 Å². The number of benzene rings is 1. The molecular weight excluding hydrogens is 376 g/mol. The average Bonchev–Trinajstić information content (AvgIpc) is 2.93. The molecule has 0 aliphatic carbocycles. The van der Waals surface area contributed by atoms with E-state index in [0.717, 1.165) is 16.6 Å². The van der Waals surface area contributed by atoms with Crippen LogP contribution < -0.4 is 11.5 Å². The first-order chi connectivity index (χ1) is 12.6. The van der Waals surface area contributed by atoms with Gasteiger partial charge in [0.25, 0.3) is 0 Å². The zero-order valence-electron chi connectivity index (χ0n) is 15.6. The van der Waals surface area contributed by atoms with Gasteiger partial charge in [0, 0.05) is 5.02 Å². The molecule has 0 spiro atoms. The molecule has 0 aliphatic rings. The predicted octanol–water partition coefficient (Wildman–Crippen LogP) is 1.23. The molecule has 2 rings (SSSR count). The maximum Gasteiger partial charge on any atom is 0.420 e. The van der Waals surface area contributed by atoms with Crippen LogP contribution in [0.4, 0.5) is 0 Å². The zero-order valence-corrected chi connectivity index (χ0v) is 16.3. The number of aromatic nitrogens is 1. The Morgan fingerprint density at radius 2 is 1.96 bits per heavy atom. The summed E-state index contributed by atoms with van der Waals surface area (Å²) < 4.78 is 11.5. The highest BCUT2D eigenvalue weighted by Crippen LogP contribution is 2.27. The lowest BCUT2D eigenvalue weighted by molar-refractivity contribution is -0.150. The Bertz CT molecular complexity index is 869. The molecule has 8 nitrogen and oxygen atoms in total. The SMILES string of the molecule is CC(C)Cc1cc2oc(=O)n(C(C)C(=O)OCC(N)(CO)CO)c2cc1Cl. The number of aliphatic hydroxyl groups excluding tert-OH is 2. The number of hydrogen-bond donors (Lipinski definition) is 3. The molecule has 0 radical (unpaired) electrons. The smallest absolute Gasteiger partial charge is 0.420 e. The van der Waals surface area contributed by atoms with Gasteiger partial charge < -0.3 is 25.1 Å². The number of rotatable bonds is 8. The first-order valence-electron chi connectivity index (χ1n) is 8.62. The van der Waals surface area contributed by atoms with Crippen molar-refractivity contribution in [1.29, 1.82) is 0 Å². The molecule has 1 atom stereocenters. The molecule has 1 unspecified atom stereocenters. The van der Waals surface area contributed by atoms with E-state index in [0.29, 0.717) is 22.0 Å². The summed E-state index contributed by atoms with van der Waals surface area (Å²) in [4.78, 5) is 24.6. The summed E-state index contributed by atoms with van der Waals surface area (Å²) >= 11 is 6.33. The molecule has 0 fully saturated rings. The van der Waals surface area contributed by atoms with E-state index in [1.54, 1.807) is 12.1 Å². The molecule has 9 heteroatoms. The molecule has 1 aromatic heterocycles. The number of halogens is 1. The second-order valence-electron chi connectivity index (χ2n) is 7.21. The Hall–Kier alpha value is -1.87. The second kappa shape index (κ2) is 8.43. The van der Waals surface area contributed by atoms with E-state index in [1.807, 2.05) is 0 Å². The number of carbonyl (C=O) groups is 1. The summed E-state index contributed by atoms with van der Waals surface area (Å²) in [6, 6.07) is 2.29. The van der Waals surface area contributed by atoms with Crippen molar-refractivity contribution in [3.05, 3.63) is 33.3 Å². The van der Waals surface area contributed by atoms with E-state index < -0.39 is 43.1 Å². The van der Waals surface area contributed by atoms with Crippen LogP contribution in [0, 0.1) is 5.92 Å². The quantitative estimate of drug-likeness (QED) is 0.568. The van der Waals surface area contributed by atoms with Crippen LogP contribution in [-0.4, -0.2) is 46.1 Å². The zero-order chi connectivity index (χ0) is 20.4. The van der Waals surface area contributed by atoms with Gasteiger partial charge in [-0.25, -0.2) is 9.59 Å². The monoisotopic (exact) mass is 400 g/mol. The molecule has 2 aromatic rings. The molecule has 4 N–H and O–H groups in total. The Balaban J connectivity index is 2.32. The number of esters is 1. The van der Waals surface area contributed by atoms with Crippen LogP contribution >= 0.6 is 11.6 Å². The average molecular weight is 401 g/mol. The maximum absolute atomic E-state index is 12.3. The topological polar surface area (TPSA) is 128 Å². The van der Waals surface area contributed by atoms with Gasteiger partial charge in [-0.05, 0) is 37.0 Å². The van der Waals surface area contributed by atoms with Gasteiger partial charge in [0.2, 0.25) is 0 Å². The molecule has 1 heterocycles. The summed E-state index contributed by atoms with van der Waals surface area (Å²) in [6.45, 7) is 4.06. The summed E-state index contributed by atoms with van der Waals surface area (Å²) in [5.74, 6) is -1.09. The van der Waals surface area contributed by atoms with Crippen molar-refractivity contribution < 1.29 is 24.2 Å². The van der Waals surface area contributed by atoms with Gasteiger partial charge in [0.05, 0.1) is 24.3 Å². The van der Waals surface area contributed by atoms with E-state index in [-0.39, 0.29) is 0 Å². The predicted molar refractivity (Wildman–Crippen MR) is 101 cm³/mol. The van der Waals surface area contributed by atoms with Crippen LogP contribution in [0.5, 0.6) is 0 Å². The van der Waals surface area contributed by atoms with Gasteiger partial charge in [0.15, 0.2) is 5.58 Å². The Labute approximate surface area is 161 Å². The first-order valence-corrected chi connectivity index (χ1v) is 9.00. The third kappa shape index (κ3) is 4.70. The third-order valence-corrected chi connectivity index (χ3v) is 4.62. The van der Waals surface area contributed by atoms with Gasteiger partial charge in [-0.1, -0.05) is 25.4 Å². The molecule has 0 bridgehead atoms. The molecule has 0 saturated heterocycles. The Morgan fingerprint density at radius 1 is 1.33 bits per heavy atom. The lowest BCUT2D eigenvalue weighted by atomic mass is 10.0. The van der Waals surface area contributed by atoms with Crippen molar-refractivity contribution >= 4 is 28.7 Å². The minimum Gasteiger partial charge on any atom is -0.462 e. The summed E-state index contributed by atoms with van der Waals surface area (Å²) in [6.07, 6.45) is 0.724. The van der Waals surface area contributed by atoms with E-state index in [2.05, 4.69) is 13.8 Å². The van der Waals surface area contributed by atoms with Crippen molar-refractivity contribution in [3.8, 4) is 0 Å². The number of fused-ring (bicyclic) bond motifs is 1. The van der Waals surface area contributed by atoms with Crippen molar-refractivity contribution in [2.75, 3.05) is 19.8 Å². The van der Waals surface area contributed by atoms with Gasteiger partial charge in [-0.2, -0.15) is 0 Å². The van der Waals surface area contributed by atoms with Crippen LogP contribution in [0.3, 0.4) is 0 Å². The molecule has 27 heavy (non-hydrogen) atoms. The minimum absolute atomic E-state index is 0.332. The van der Waals surface area contributed by atoms with Gasteiger partial charge in [-0.3, -0.25) is 4.57 Å². The normalized spacial score (nSPS) is 13.3. The van der Waals surface area contributed by atoms with Gasteiger partial charge in [0.1, 0.15) is 12.6 Å². The fraction of sp³-hybridized carbons (Fsp3) is 0.556. The van der Waals surface area contributed by atoms with Crippen LogP contribution in [0.2, 0.25) is 5.02 Å². The summed E-state index contributed by atoms with van der Waals surface area (Å²) in [5.41, 5.74) is 5.80. The largest absolute Gasteiger partial charge is 0.462 e. The standard InChI is InChI=1S/C18H25ClN2O6/c1-10(2)4-12-5-15-14(6-13(12)19)21(17(25)27-15)11(3)16(24)26-9-18(20,7-22)8-23/h5-6,10-11,22-23H,4,7-9,20H2,1-3H3. The number of nitrogens with two attached hydrogens (primary N) is 1. The lowest BCUT2D eigenvalue weighted by Crippen LogP contribution is -2.52. The highest BCUT2D eigenvalue weighted by Gasteiger charge is 2.29. The number of aliphatic hydroxyl groups is 2. The molecule has 150 valence electrons. The van der Waals surface area contributed by atoms with Crippen molar-refractivity contribution in [2.24, 2.45) is 11.7 Å². The van der Waals surface area contributed by atoms with Crippen molar-refractivity contribution in [3.63, 3.8) is 0 Å². The van der Waals surface area contributed by atoms with Gasteiger partial charge in [-0.15, -0.1) is 0 Å². The number of nitrogens with zero attached hydrogens (tertiary/aromatic N) is 1. The maximum atomic E-state index is 12.3. The Kier molecular flexibility index (Phi) is 6.69. The highest BCUT2D eigenvalue weighted by atomic mass is 35.5. The van der Waals surface area contributed by atoms with Crippen molar-refractivity contribution in [1.82, 2.24) is 4.57 Å². The third-order valence-electron chi connectivity index (χ3n) is 4.27. The molecule has 0 saturated carbocycles. The summed E-state index contributed by atoms with van der Waals surface area (Å²) in [7, 11) is 0. The van der Waals surface area contributed by atoms with E-state index >= 15 is 0 Å². The number of hydrogen-bond acceptors (Lipinski definition) is 7. The minimum atomic E-state index is -1.45. The number of carbonyl (C=O) groups excluding carboxylic acids is 1. The molecule has 1 aromatic carbocycles. The molecule has 0 aliphatic heterocycles. The number of ether oxygens (including phenoxy) is 1. The lowest BCUT2D eigenvalue weighted by Gasteiger charge is -2.24. The number of oxazole rings is 1.